The van der Waals surface area contributed by atoms with E-state index in [1.807, 2.05) is 13.8 Å². The maximum Gasteiger partial charge on any atom is 0.416 e. The van der Waals surface area contributed by atoms with Gasteiger partial charge in [-0.15, -0.1) is 0 Å². The molecule has 1 atom stereocenters. The Morgan fingerprint density at radius 3 is 1.48 bits per heavy atom. The Bertz CT molecular complexity index is 669. The van der Waals surface area contributed by atoms with E-state index in [0.717, 1.165) is 28.9 Å². The quantitative estimate of drug-likeness (QED) is 0.515. The fraction of sp³-hybridized carbons (Fsp3) is 0.412. The van der Waals surface area contributed by atoms with Crippen LogP contribution in [-0.4, -0.2) is 0 Å². The average molecular weight is 334 g/mol. The number of alkyl halides is 6. The first-order chi connectivity index (χ1) is 10.3. The highest BCUT2D eigenvalue weighted by atomic mass is 19.4. The fourth-order valence-electron chi connectivity index (χ4n) is 2.94. The van der Waals surface area contributed by atoms with E-state index in [1.165, 1.54) is 0 Å². The molecule has 0 heterocycles. The van der Waals surface area contributed by atoms with Crippen LogP contribution in [0.15, 0.2) is 34.9 Å². The third-order valence-corrected chi connectivity index (χ3v) is 4.54. The highest BCUT2D eigenvalue weighted by Gasteiger charge is 2.38. The van der Waals surface area contributed by atoms with Crippen molar-refractivity contribution in [3.8, 4) is 0 Å². The molecule has 0 fully saturated rings. The molecule has 126 valence electrons. The fourth-order valence-corrected chi connectivity index (χ4v) is 2.94. The summed E-state index contributed by atoms with van der Waals surface area (Å²) in [7, 11) is 0. The molecule has 0 aromatic heterocycles. The second kappa shape index (κ2) is 5.42. The lowest BCUT2D eigenvalue weighted by atomic mass is 9.89. The number of hydrogen-bond acceptors (Lipinski definition) is 0. The van der Waals surface area contributed by atoms with Crippen molar-refractivity contribution in [1.82, 2.24) is 0 Å². The van der Waals surface area contributed by atoms with Crippen LogP contribution in [0.5, 0.6) is 0 Å². The molecular formula is C17H16F6. The van der Waals surface area contributed by atoms with Gasteiger partial charge in [0.2, 0.25) is 0 Å². The molecule has 2 rings (SSSR count). The van der Waals surface area contributed by atoms with Crippen molar-refractivity contribution in [3.63, 3.8) is 0 Å². The summed E-state index contributed by atoms with van der Waals surface area (Å²) in [5, 5.41) is 0. The standard InChI is InChI=1S/C17H16F6/c1-8-9(2)11(4)15(10(8)3)12-5-13(16(18,19)20)7-14(6-12)17(21,22)23/h5-7,10H,1-4H3. The molecule has 0 spiro atoms. The van der Waals surface area contributed by atoms with Crippen LogP contribution < -0.4 is 0 Å². The van der Waals surface area contributed by atoms with E-state index in [2.05, 4.69) is 0 Å². The summed E-state index contributed by atoms with van der Waals surface area (Å²) in [5.74, 6) is -0.209. The molecular weight excluding hydrogens is 318 g/mol. The Morgan fingerprint density at radius 2 is 1.17 bits per heavy atom. The molecule has 0 nitrogen and oxygen atoms in total. The molecule has 6 heteroatoms. The highest BCUT2D eigenvalue weighted by Crippen LogP contribution is 2.45. The topological polar surface area (TPSA) is 0 Å². The van der Waals surface area contributed by atoms with Crippen molar-refractivity contribution >= 4 is 5.57 Å². The molecule has 1 unspecified atom stereocenters. The summed E-state index contributed by atoms with van der Waals surface area (Å²) in [6, 6.07) is 1.76. The zero-order chi connectivity index (χ0) is 17.7. The summed E-state index contributed by atoms with van der Waals surface area (Å²) in [5.41, 5.74) is 0.559. The minimum atomic E-state index is -4.83. The van der Waals surface area contributed by atoms with E-state index in [-0.39, 0.29) is 17.5 Å². The molecule has 0 radical (unpaired) electrons. The number of hydrogen-bond donors (Lipinski definition) is 0. The van der Waals surface area contributed by atoms with Gasteiger partial charge in [-0.1, -0.05) is 12.5 Å². The van der Waals surface area contributed by atoms with Crippen LogP contribution in [0.1, 0.15) is 44.4 Å². The lowest BCUT2D eigenvalue weighted by Crippen LogP contribution is -2.12. The monoisotopic (exact) mass is 334 g/mol. The van der Waals surface area contributed by atoms with E-state index in [9.17, 15) is 26.3 Å². The highest BCUT2D eigenvalue weighted by molar-refractivity contribution is 5.80. The van der Waals surface area contributed by atoms with Gasteiger partial charge in [0.25, 0.3) is 0 Å². The first-order valence-corrected chi connectivity index (χ1v) is 7.02. The first-order valence-electron chi connectivity index (χ1n) is 7.02. The van der Waals surface area contributed by atoms with Crippen LogP contribution in [0.4, 0.5) is 26.3 Å². The average Bonchev–Trinajstić information content (AvgIpc) is 2.60. The largest absolute Gasteiger partial charge is 0.416 e. The Hall–Kier alpha value is -1.72. The van der Waals surface area contributed by atoms with Gasteiger partial charge in [0.05, 0.1) is 11.1 Å². The normalized spacial score (nSPS) is 19.8. The van der Waals surface area contributed by atoms with Gasteiger partial charge < -0.3 is 0 Å². The van der Waals surface area contributed by atoms with Gasteiger partial charge in [0.1, 0.15) is 0 Å². The molecule has 0 saturated carbocycles. The zero-order valence-corrected chi connectivity index (χ0v) is 13.1. The second-order valence-corrected chi connectivity index (χ2v) is 5.86. The van der Waals surface area contributed by atoms with E-state index in [0.29, 0.717) is 5.57 Å². The van der Waals surface area contributed by atoms with Gasteiger partial charge >= 0.3 is 12.4 Å². The van der Waals surface area contributed by atoms with Crippen LogP contribution in [0.25, 0.3) is 5.57 Å². The second-order valence-electron chi connectivity index (χ2n) is 5.86. The van der Waals surface area contributed by atoms with Crippen LogP contribution >= 0.6 is 0 Å². The third kappa shape index (κ3) is 3.16. The Labute approximate surface area is 130 Å². The van der Waals surface area contributed by atoms with Crippen LogP contribution in [0, 0.1) is 5.92 Å². The van der Waals surface area contributed by atoms with Crippen LogP contribution in [-0.2, 0) is 12.4 Å². The molecule has 1 aliphatic rings. The van der Waals surface area contributed by atoms with E-state index < -0.39 is 23.5 Å². The Kier molecular flexibility index (Phi) is 4.16. The van der Waals surface area contributed by atoms with Crippen molar-refractivity contribution in [3.05, 3.63) is 51.6 Å². The molecule has 0 bridgehead atoms. The third-order valence-electron chi connectivity index (χ3n) is 4.54. The van der Waals surface area contributed by atoms with Crippen LogP contribution in [0.2, 0.25) is 0 Å². The molecule has 0 aliphatic heterocycles. The van der Waals surface area contributed by atoms with E-state index >= 15 is 0 Å². The Balaban J connectivity index is 2.70. The molecule has 1 aliphatic carbocycles. The summed E-state index contributed by atoms with van der Waals surface area (Å²) < 4.78 is 77.9. The van der Waals surface area contributed by atoms with Gasteiger partial charge in [0.15, 0.2) is 0 Å². The van der Waals surface area contributed by atoms with Crippen molar-refractivity contribution in [2.45, 2.75) is 40.0 Å². The molecule has 23 heavy (non-hydrogen) atoms. The predicted molar refractivity (Wildman–Crippen MR) is 76.6 cm³/mol. The maximum absolute atomic E-state index is 13.0. The molecule has 1 aromatic rings. The predicted octanol–water partition coefficient (Wildman–Crippen LogP) is 6.48. The summed E-state index contributed by atoms with van der Waals surface area (Å²) in [6.07, 6.45) is -9.66. The van der Waals surface area contributed by atoms with Gasteiger partial charge in [0, 0.05) is 5.92 Å². The van der Waals surface area contributed by atoms with Crippen LogP contribution in [0.3, 0.4) is 0 Å². The van der Waals surface area contributed by atoms with Gasteiger partial charge in [-0.2, -0.15) is 26.3 Å². The number of allylic oxidation sites excluding steroid dienone is 4. The molecule has 0 N–H and O–H groups in total. The zero-order valence-electron chi connectivity index (χ0n) is 13.1. The molecule has 0 saturated heterocycles. The summed E-state index contributed by atoms with van der Waals surface area (Å²) in [6.45, 7) is 7.19. The van der Waals surface area contributed by atoms with Crippen molar-refractivity contribution in [1.29, 1.82) is 0 Å². The van der Waals surface area contributed by atoms with Crippen molar-refractivity contribution in [2.24, 2.45) is 5.92 Å². The van der Waals surface area contributed by atoms with Gasteiger partial charge in [-0.25, -0.2) is 0 Å². The summed E-state index contributed by atoms with van der Waals surface area (Å²) in [4.78, 5) is 0. The number of rotatable bonds is 1. The minimum absolute atomic E-state index is 0.0200. The van der Waals surface area contributed by atoms with Crippen molar-refractivity contribution in [2.75, 3.05) is 0 Å². The lowest BCUT2D eigenvalue weighted by Gasteiger charge is -2.18. The lowest BCUT2D eigenvalue weighted by molar-refractivity contribution is -0.143. The first kappa shape index (κ1) is 17.6. The number of halogens is 6. The van der Waals surface area contributed by atoms with E-state index in [4.69, 9.17) is 0 Å². The van der Waals surface area contributed by atoms with Crippen molar-refractivity contribution < 1.29 is 26.3 Å². The maximum atomic E-state index is 13.0. The number of benzene rings is 1. The molecule has 0 amide bonds. The van der Waals surface area contributed by atoms with E-state index in [1.54, 1.807) is 13.8 Å². The Morgan fingerprint density at radius 1 is 0.739 bits per heavy atom. The summed E-state index contributed by atoms with van der Waals surface area (Å²) >= 11 is 0. The smallest absolute Gasteiger partial charge is 0.166 e. The van der Waals surface area contributed by atoms with Gasteiger partial charge in [-0.05, 0) is 61.3 Å². The SMILES string of the molecule is CC1=C(C)C(C)C(c2cc(C(F)(F)F)cc(C(F)(F)F)c2)=C1C. The molecule has 1 aromatic carbocycles. The minimum Gasteiger partial charge on any atom is -0.166 e. The van der Waals surface area contributed by atoms with Gasteiger partial charge in [-0.3, -0.25) is 0 Å².